The topological polar surface area (TPSA) is 61.0 Å². The van der Waals surface area contributed by atoms with Gasteiger partial charge in [0, 0.05) is 6.54 Å². The molecule has 0 atom stereocenters. The lowest BCUT2D eigenvalue weighted by molar-refractivity contribution is 0.477. The highest BCUT2D eigenvalue weighted by atomic mass is 16.5. The minimum atomic E-state index is 0.502. The van der Waals surface area contributed by atoms with Gasteiger partial charge in [0.2, 0.25) is 0 Å². The van der Waals surface area contributed by atoms with Gasteiger partial charge in [0.25, 0.3) is 0 Å². The van der Waals surface area contributed by atoms with E-state index in [9.17, 15) is 0 Å². The van der Waals surface area contributed by atoms with Crippen LogP contribution >= 0.6 is 0 Å². The third-order valence-electron chi connectivity index (χ3n) is 1.91. The minimum Gasteiger partial charge on any atom is -0.454 e. The second-order valence-corrected chi connectivity index (χ2v) is 3.03. The van der Waals surface area contributed by atoms with E-state index in [1.807, 2.05) is 24.3 Å². The van der Waals surface area contributed by atoms with Crippen LogP contribution in [0.4, 0.5) is 0 Å². The van der Waals surface area contributed by atoms with Gasteiger partial charge in [-0.25, -0.2) is 9.97 Å². The zero-order valence-corrected chi connectivity index (χ0v) is 8.13. The molecule has 0 aliphatic heterocycles. The lowest BCUT2D eigenvalue weighted by Crippen LogP contribution is -1.96. The summed E-state index contributed by atoms with van der Waals surface area (Å²) in [6.45, 7) is 0.502. The second kappa shape index (κ2) is 4.52. The molecule has 0 radical (unpaired) electrons. The summed E-state index contributed by atoms with van der Waals surface area (Å²) in [6.07, 6.45) is 4.69. The molecule has 4 heteroatoms. The molecule has 0 spiro atoms. The largest absolute Gasteiger partial charge is 0.454 e. The standard InChI is InChI=1S/C11H11N3O/c12-5-9-2-1-3-10(4-9)15-11-6-13-8-14-7-11/h1-4,6-8H,5,12H2. The van der Waals surface area contributed by atoms with Gasteiger partial charge < -0.3 is 10.5 Å². The Hall–Kier alpha value is -1.94. The predicted molar refractivity (Wildman–Crippen MR) is 56.4 cm³/mol. The first kappa shape index (κ1) is 9.61. The maximum Gasteiger partial charge on any atom is 0.163 e. The van der Waals surface area contributed by atoms with Crippen LogP contribution in [0.25, 0.3) is 0 Å². The Morgan fingerprint density at radius 3 is 2.67 bits per heavy atom. The van der Waals surface area contributed by atoms with Crippen LogP contribution < -0.4 is 10.5 Å². The average Bonchev–Trinajstić information content (AvgIpc) is 2.31. The first-order chi connectivity index (χ1) is 7.38. The fraction of sp³-hybridized carbons (Fsp3) is 0.0909. The first-order valence-electron chi connectivity index (χ1n) is 4.60. The van der Waals surface area contributed by atoms with Crippen molar-refractivity contribution in [3.63, 3.8) is 0 Å². The summed E-state index contributed by atoms with van der Waals surface area (Å²) in [5.74, 6) is 1.36. The quantitative estimate of drug-likeness (QED) is 0.821. The van der Waals surface area contributed by atoms with E-state index in [1.54, 1.807) is 12.4 Å². The zero-order chi connectivity index (χ0) is 10.5. The van der Waals surface area contributed by atoms with E-state index in [0.717, 1.165) is 11.3 Å². The van der Waals surface area contributed by atoms with Gasteiger partial charge in [0.05, 0.1) is 12.4 Å². The lowest BCUT2D eigenvalue weighted by atomic mass is 10.2. The molecule has 0 aliphatic carbocycles. The Bertz CT molecular complexity index is 431. The van der Waals surface area contributed by atoms with Crippen LogP contribution in [0.1, 0.15) is 5.56 Å². The molecule has 0 bridgehead atoms. The van der Waals surface area contributed by atoms with Crippen LogP contribution in [0.15, 0.2) is 43.0 Å². The fourth-order valence-electron chi connectivity index (χ4n) is 1.21. The van der Waals surface area contributed by atoms with Crippen LogP contribution in [0.5, 0.6) is 11.5 Å². The lowest BCUT2D eigenvalue weighted by Gasteiger charge is -2.05. The molecule has 0 saturated heterocycles. The van der Waals surface area contributed by atoms with Crippen molar-refractivity contribution in [1.82, 2.24) is 9.97 Å². The third-order valence-corrected chi connectivity index (χ3v) is 1.91. The van der Waals surface area contributed by atoms with Crippen molar-refractivity contribution >= 4 is 0 Å². The van der Waals surface area contributed by atoms with Crippen molar-refractivity contribution in [3.8, 4) is 11.5 Å². The van der Waals surface area contributed by atoms with Gasteiger partial charge in [-0.2, -0.15) is 0 Å². The van der Waals surface area contributed by atoms with Crippen molar-refractivity contribution in [3.05, 3.63) is 48.5 Å². The van der Waals surface area contributed by atoms with Gasteiger partial charge in [-0.3, -0.25) is 0 Å². The third kappa shape index (κ3) is 2.51. The summed E-state index contributed by atoms with van der Waals surface area (Å²) in [7, 11) is 0. The Morgan fingerprint density at radius 2 is 1.93 bits per heavy atom. The Kier molecular flexibility index (Phi) is 2.90. The van der Waals surface area contributed by atoms with Crippen LogP contribution in [-0.2, 0) is 6.54 Å². The smallest absolute Gasteiger partial charge is 0.163 e. The van der Waals surface area contributed by atoms with E-state index in [1.165, 1.54) is 6.33 Å². The van der Waals surface area contributed by atoms with Crippen molar-refractivity contribution in [1.29, 1.82) is 0 Å². The van der Waals surface area contributed by atoms with E-state index in [-0.39, 0.29) is 0 Å². The summed E-state index contributed by atoms with van der Waals surface area (Å²) in [5.41, 5.74) is 6.56. The number of benzene rings is 1. The zero-order valence-electron chi connectivity index (χ0n) is 8.13. The molecule has 0 saturated carbocycles. The summed E-state index contributed by atoms with van der Waals surface area (Å²) >= 11 is 0. The molecule has 2 aromatic rings. The van der Waals surface area contributed by atoms with Gasteiger partial charge in [0.1, 0.15) is 12.1 Å². The summed E-state index contributed by atoms with van der Waals surface area (Å²) in [4.78, 5) is 7.73. The van der Waals surface area contributed by atoms with Crippen molar-refractivity contribution in [2.75, 3.05) is 0 Å². The van der Waals surface area contributed by atoms with Gasteiger partial charge in [-0.15, -0.1) is 0 Å². The number of ether oxygens (including phenoxy) is 1. The van der Waals surface area contributed by atoms with Crippen molar-refractivity contribution in [2.45, 2.75) is 6.54 Å². The second-order valence-electron chi connectivity index (χ2n) is 3.03. The van der Waals surface area contributed by atoms with E-state index in [2.05, 4.69) is 9.97 Å². The van der Waals surface area contributed by atoms with Gasteiger partial charge in [0.15, 0.2) is 5.75 Å². The van der Waals surface area contributed by atoms with Gasteiger partial charge in [-0.05, 0) is 17.7 Å². The Labute approximate surface area is 87.7 Å². The highest BCUT2D eigenvalue weighted by Crippen LogP contribution is 2.20. The number of rotatable bonds is 3. The number of hydrogen-bond acceptors (Lipinski definition) is 4. The fourth-order valence-corrected chi connectivity index (χ4v) is 1.21. The molecule has 0 fully saturated rings. The monoisotopic (exact) mass is 201 g/mol. The predicted octanol–water partition coefficient (Wildman–Crippen LogP) is 1.73. The van der Waals surface area contributed by atoms with E-state index < -0.39 is 0 Å². The molecule has 2 N–H and O–H groups in total. The van der Waals surface area contributed by atoms with Crippen LogP contribution in [0.3, 0.4) is 0 Å². The summed E-state index contributed by atoms with van der Waals surface area (Å²) in [6, 6.07) is 7.62. The molecule has 0 amide bonds. The van der Waals surface area contributed by atoms with E-state index >= 15 is 0 Å². The number of nitrogens with zero attached hydrogens (tertiary/aromatic N) is 2. The molecule has 1 aromatic heterocycles. The Balaban J connectivity index is 2.17. The summed E-state index contributed by atoms with van der Waals surface area (Å²) in [5, 5.41) is 0. The summed E-state index contributed by atoms with van der Waals surface area (Å²) < 4.78 is 5.54. The van der Waals surface area contributed by atoms with Crippen LogP contribution in [-0.4, -0.2) is 9.97 Å². The molecule has 0 unspecified atom stereocenters. The number of hydrogen-bond donors (Lipinski definition) is 1. The maximum atomic E-state index is 5.54. The minimum absolute atomic E-state index is 0.502. The molecule has 0 aliphatic rings. The van der Waals surface area contributed by atoms with Crippen molar-refractivity contribution < 1.29 is 4.74 Å². The average molecular weight is 201 g/mol. The van der Waals surface area contributed by atoms with E-state index in [0.29, 0.717) is 12.3 Å². The van der Waals surface area contributed by atoms with Crippen LogP contribution in [0, 0.1) is 0 Å². The SMILES string of the molecule is NCc1cccc(Oc2cncnc2)c1. The Morgan fingerprint density at radius 1 is 1.13 bits per heavy atom. The normalized spacial score (nSPS) is 9.93. The maximum absolute atomic E-state index is 5.54. The van der Waals surface area contributed by atoms with Gasteiger partial charge >= 0.3 is 0 Å². The molecule has 4 nitrogen and oxygen atoms in total. The molecule has 1 aromatic carbocycles. The molecule has 1 heterocycles. The number of aromatic nitrogens is 2. The molecular weight excluding hydrogens is 190 g/mol. The molecular formula is C11H11N3O. The first-order valence-corrected chi connectivity index (χ1v) is 4.60. The molecule has 76 valence electrons. The highest BCUT2D eigenvalue weighted by Gasteiger charge is 1.97. The highest BCUT2D eigenvalue weighted by molar-refractivity contribution is 5.31. The molecule has 2 rings (SSSR count). The molecule has 15 heavy (non-hydrogen) atoms. The van der Waals surface area contributed by atoms with Crippen molar-refractivity contribution in [2.24, 2.45) is 5.73 Å². The van der Waals surface area contributed by atoms with Gasteiger partial charge in [-0.1, -0.05) is 12.1 Å². The van der Waals surface area contributed by atoms with E-state index in [4.69, 9.17) is 10.5 Å². The van der Waals surface area contributed by atoms with Crippen LogP contribution in [0.2, 0.25) is 0 Å². The number of nitrogens with two attached hydrogens (primary N) is 1.